The fourth-order valence-corrected chi connectivity index (χ4v) is 4.54. The first-order valence-electron chi connectivity index (χ1n) is 12.6. The summed E-state index contributed by atoms with van der Waals surface area (Å²) in [5.74, 6) is 0.0728. The lowest BCUT2D eigenvalue weighted by Gasteiger charge is -2.08. The van der Waals surface area contributed by atoms with E-state index in [-0.39, 0.29) is 23.8 Å². The van der Waals surface area contributed by atoms with Gasteiger partial charge in [-0.05, 0) is 54.5 Å². The Balaban J connectivity index is 1.09. The molecule has 0 unspecified atom stereocenters. The Hall–Kier alpha value is -4.39. The van der Waals surface area contributed by atoms with Gasteiger partial charge in [-0.3, -0.25) is 9.36 Å². The summed E-state index contributed by atoms with van der Waals surface area (Å²) in [6.07, 6.45) is 8.46. The molecule has 2 aromatic heterocycles. The van der Waals surface area contributed by atoms with Gasteiger partial charge in [0.05, 0.1) is 17.8 Å². The lowest BCUT2D eigenvalue weighted by Crippen LogP contribution is -2.25. The molecule has 0 aliphatic heterocycles. The van der Waals surface area contributed by atoms with E-state index in [0.29, 0.717) is 6.54 Å². The molecule has 1 aliphatic carbocycles. The van der Waals surface area contributed by atoms with Gasteiger partial charge in [-0.1, -0.05) is 72.3 Å². The summed E-state index contributed by atoms with van der Waals surface area (Å²) in [4.78, 5) is 28.6. The molecule has 0 radical (unpaired) electrons. The molecule has 0 fully saturated rings. The Morgan fingerprint density at radius 2 is 1.68 bits per heavy atom. The summed E-state index contributed by atoms with van der Waals surface area (Å²) in [7, 11) is 0. The summed E-state index contributed by atoms with van der Waals surface area (Å²) >= 11 is 0. The second kappa shape index (κ2) is 11.6. The third-order valence-corrected chi connectivity index (χ3v) is 6.41. The van der Waals surface area contributed by atoms with Crippen molar-refractivity contribution in [3.8, 4) is 0 Å². The third-order valence-electron chi connectivity index (χ3n) is 6.41. The molecule has 0 bridgehead atoms. The molecular weight excluding hydrogens is 462 g/mol. The number of rotatable bonds is 10. The largest absolute Gasteiger partial charge is 0.349 e. The Morgan fingerprint density at radius 3 is 2.43 bits per heavy atom. The Bertz CT molecular complexity index is 1460. The first-order chi connectivity index (χ1) is 18.1. The number of benzene rings is 2. The van der Waals surface area contributed by atoms with Crippen LogP contribution in [0.25, 0.3) is 6.08 Å². The van der Waals surface area contributed by atoms with Crippen molar-refractivity contribution in [2.75, 3.05) is 5.32 Å². The van der Waals surface area contributed by atoms with Gasteiger partial charge in [0.25, 0.3) is 0 Å². The van der Waals surface area contributed by atoms with Crippen molar-refractivity contribution >= 4 is 17.8 Å². The van der Waals surface area contributed by atoms with Crippen LogP contribution in [-0.4, -0.2) is 25.7 Å². The van der Waals surface area contributed by atoms with Crippen LogP contribution in [-0.2, 0) is 37.0 Å². The van der Waals surface area contributed by atoms with Crippen LogP contribution in [0.2, 0.25) is 0 Å². The van der Waals surface area contributed by atoms with Crippen LogP contribution < -0.4 is 11.0 Å². The number of allylic oxidation sites excluding steroid dienone is 1. The van der Waals surface area contributed by atoms with E-state index in [2.05, 4.69) is 56.9 Å². The minimum Gasteiger partial charge on any atom is -0.310 e. The van der Waals surface area contributed by atoms with Gasteiger partial charge in [-0.15, -0.1) is 0 Å². The number of hydrogen-bond acceptors (Lipinski definition) is 5. The minimum absolute atomic E-state index is 0.201. The number of amides is 1. The standard InChI is InChI=1S/C30H29N5O2/c36-29(20-23-11-5-2-6-12-23)31-28-14-16-35(30(37)32-28)15-8-7-13-26-21-25-18-24(19-27(25)34-33-26)17-22-9-3-1-4-10-22/h1-6,9-12,14,16,18,21H,7-8,13,15,17,19-20H2,(H,31,32,36,37). The zero-order valence-corrected chi connectivity index (χ0v) is 20.6. The quantitative estimate of drug-likeness (QED) is 0.332. The van der Waals surface area contributed by atoms with Crippen LogP contribution in [0.5, 0.6) is 0 Å². The van der Waals surface area contributed by atoms with E-state index in [4.69, 9.17) is 0 Å². The zero-order valence-electron chi connectivity index (χ0n) is 20.6. The molecular formula is C30H29N5O2. The van der Waals surface area contributed by atoms with Gasteiger partial charge in [0.15, 0.2) is 0 Å². The van der Waals surface area contributed by atoms with Crippen molar-refractivity contribution in [1.82, 2.24) is 19.7 Å². The molecule has 1 aliphatic rings. The maximum Gasteiger partial charge on any atom is 0.349 e. The van der Waals surface area contributed by atoms with E-state index in [9.17, 15) is 9.59 Å². The number of carbonyl (C=O) groups excluding carboxylic acids is 1. The highest BCUT2D eigenvalue weighted by molar-refractivity contribution is 5.91. The van der Waals surface area contributed by atoms with E-state index < -0.39 is 0 Å². The zero-order chi connectivity index (χ0) is 25.5. The van der Waals surface area contributed by atoms with Crippen LogP contribution in [0, 0.1) is 0 Å². The number of carbonyl (C=O) groups is 1. The average molecular weight is 492 g/mol. The first-order valence-corrected chi connectivity index (χ1v) is 12.6. The summed E-state index contributed by atoms with van der Waals surface area (Å²) in [5, 5.41) is 11.6. The van der Waals surface area contributed by atoms with Gasteiger partial charge in [0, 0.05) is 19.2 Å². The van der Waals surface area contributed by atoms with Crippen LogP contribution in [0.1, 0.15) is 40.9 Å². The summed E-state index contributed by atoms with van der Waals surface area (Å²) in [6.45, 7) is 0.559. The molecule has 4 aromatic rings. The van der Waals surface area contributed by atoms with Crippen molar-refractivity contribution < 1.29 is 4.79 Å². The number of fused-ring (bicyclic) bond motifs is 1. The topological polar surface area (TPSA) is 89.8 Å². The summed E-state index contributed by atoms with van der Waals surface area (Å²) in [6, 6.07) is 23.7. The van der Waals surface area contributed by atoms with Crippen LogP contribution in [0.4, 0.5) is 5.82 Å². The molecule has 0 atom stereocenters. The van der Waals surface area contributed by atoms with Crippen molar-refractivity contribution in [3.63, 3.8) is 0 Å². The monoisotopic (exact) mass is 491 g/mol. The van der Waals surface area contributed by atoms with Gasteiger partial charge in [-0.25, -0.2) is 4.79 Å². The number of anilines is 1. The Morgan fingerprint density at radius 1 is 0.919 bits per heavy atom. The average Bonchev–Trinajstić information content (AvgIpc) is 3.30. The van der Waals surface area contributed by atoms with E-state index in [1.54, 1.807) is 16.8 Å². The Kier molecular flexibility index (Phi) is 7.60. The number of unbranched alkanes of at least 4 members (excludes halogenated alkanes) is 1. The molecule has 0 saturated heterocycles. The maximum absolute atomic E-state index is 12.4. The van der Waals surface area contributed by atoms with Crippen LogP contribution >= 0.6 is 0 Å². The highest BCUT2D eigenvalue weighted by Crippen LogP contribution is 2.26. The summed E-state index contributed by atoms with van der Waals surface area (Å²) < 4.78 is 1.57. The minimum atomic E-state index is -0.370. The van der Waals surface area contributed by atoms with E-state index in [1.165, 1.54) is 16.7 Å². The molecule has 7 heteroatoms. The smallest absolute Gasteiger partial charge is 0.310 e. The number of hydrogen-bond donors (Lipinski definition) is 1. The highest BCUT2D eigenvalue weighted by atomic mass is 16.2. The molecule has 5 rings (SSSR count). The fraction of sp³-hybridized carbons (Fsp3) is 0.233. The highest BCUT2D eigenvalue weighted by Gasteiger charge is 2.16. The second-order valence-electron chi connectivity index (χ2n) is 9.34. The SMILES string of the molecule is O=C(Cc1ccccc1)Nc1ccn(CCCCc2cc3c(nn2)CC(Cc2ccccc2)=C3)c(=O)n1. The maximum atomic E-state index is 12.4. The van der Waals surface area contributed by atoms with Gasteiger partial charge >= 0.3 is 5.69 Å². The Labute approximate surface area is 215 Å². The number of aryl methyl sites for hydroxylation is 2. The lowest BCUT2D eigenvalue weighted by molar-refractivity contribution is -0.115. The fourth-order valence-electron chi connectivity index (χ4n) is 4.54. The molecule has 1 N–H and O–H groups in total. The predicted octanol–water partition coefficient (Wildman–Crippen LogP) is 4.42. The molecule has 2 aromatic carbocycles. The second-order valence-corrected chi connectivity index (χ2v) is 9.34. The normalized spacial score (nSPS) is 12.2. The van der Waals surface area contributed by atoms with Gasteiger partial charge in [0.1, 0.15) is 5.82 Å². The van der Waals surface area contributed by atoms with E-state index in [1.807, 2.05) is 36.4 Å². The molecule has 37 heavy (non-hydrogen) atoms. The van der Waals surface area contributed by atoms with Crippen molar-refractivity contribution in [2.24, 2.45) is 0 Å². The van der Waals surface area contributed by atoms with Crippen LogP contribution in [0.3, 0.4) is 0 Å². The summed E-state index contributed by atoms with van der Waals surface area (Å²) in [5.41, 5.74) is 6.39. The number of nitrogens with one attached hydrogen (secondary N) is 1. The van der Waals surface area contributed by atoms with Crippen molar-refractivity contribution in [2.45, 2.75) is 45.1 Å². The van der Waals surface area contributed by atoms with E-state index in [0.717, 1.165) is 49.1 Å². The third kappa shape index (κ3) is 6.64. The lowest BCUT2D eigenvalue weighted by atomic mass is 10.0. The number of nitrogens with zero attached hydrogens (tertiary/aromatic N) is 4. The van der Waals surface area contributed by atoms with Gasteiger partial charge in [-0.2, -0.15) is 15.2 Å². The molecule has 186 valence electrons. The first kappa shape index (κ1) is 24.3. The van der Waals surface area contributed by atoms with Gasteiger partial charge in [0.2, 0.25) is 5.91 Å². The predicted molar refractivity (Wildman–Crippen MR) is 144 cm³/mol. The van der Waals surface area contributed by atoms with Crippen molar-refractivity contribution in [1.29, 1.82) is 0 Å². The van der Waals surface area contributed by atoms with Crippen LogP contribution in [0.15, 0.2) is 89.4 Å². The molecule has 7 nitrogen and oxygen atoms in total. The molecule has 0 saturated carbocycles. The van der Waals surface area contributed by atoms with Crippen molar-refractivity contribution in [3.05, 3.63) is 123 Å². The van der Waals surface area contributed by atoms with Gasteiger partial charge < -0.3 is 5.32 Å². The van der Waals surface area contributed by atoms with E-state index >= 15 is 0 Å². The molecule has 0 spiro atoms. The molecule has 2 heterocycles. The number of aromatic nitrogens is 4. The molecule has 1 amide bonds.